The number of nitrogens with one attached hydrogen (secondary N) is 1. The zero-order valence-electron chi connectivity index (χ0n) is 27.9. The zero-order chi connectivity index (χ0) is 33.7. The summed E-state index contributed by atoms with van der Waals surface area (Å²) in [5, 5.41) is 9.46. The molecule has 242 valence electrons. The fourth-order valence-electron chi connectivity index (χ4n) is 5.59. The Morgan fingerprint density at radius 3 is 2.26 bits per heavy atom. The lowest BCUT2D eigenvalue weighted by molar-refractivity contribution is 0.281. The van der Waals surface area contributed by atoms with Crippen LogP contribution in [0.2, 0.25) is 0 Å². The van der Waals surface area contributed by atoms with E-state index in [-0.39, 0.29) is 22.2 Å². The van der Waals surface area contributed by atoms with Gasteiger partial charge in [-0.1, -0.05) is 79.7 Å². The molecule has 0 bridgehead atoms. The molecule has 0 aliphatic rings. The molecule has 3 rings (SSSR count). The van der Waals surface area contributed by atoms with Gasteiger partial charge in [0.2, 0.25) is 0 Å². The van der Waals surface area contributed by atoms with Gasteiger partial charge in [0.05, 0.1) is 12.7 Å². The van der Waals surface area contributed by atoms with Crippen LogP contribution in [0, 0.1) is 29.9 Å². The molecular formula is C37H45N5O3S. The number of rotatable bonds is 16. The zero-order valence-corrected chi connectivity index (χ0v) is 28.7. The third-order valence-corrected chi connectivity index (χ3v) is 8.25. The number of unbranched alkanes of at least 4 members (excludes halogenated alkanes) is 5. The smallest absolute Gasteiger partial charge is 0.490 e. The minimum atomic E-state index is -1.90. The van der Waals surface area contributed by atoms with E-state index in [0.29, 0.717) is 29.4 Å². The number of benzene rings is 2. The molecule has 0 saturated heterocycles. The molecule has 3 aromatic rings. The van der Waals surface area contributed by atoms with Crippen LogP contribution in [0.1, 0.15) is 97.6 Å². The Hall–Kier alpha value is -4.52. The van der Waals surface area contributed by atoms with Crippen LogP contribution in [0.25, 0.3) is 21.0 Å². The second-order valence-corrected chi connectivity index (χ2v) is 14.0. The van der Waals surface area contributed by atoms with E-state index in [9.17, 15) is 9.47 Å². The fraction of sp³-hybridized carbons (Fsp3) is 0.432. The number of nitriles is 1. The molecule has 1 aromatic heterocycles. The van der Waals surface area contributed by atoms with E-state index in [4.69, 9.17) is 22.1 Å². The maximum Gasteiger partial charge on any atom is 0.538 e. The summed E-state index contributed by atoms with van der Waals surface area (Å²) in [5.41, 5.74) is 2.99. The summed E-state index contributed by atoms with van der Waals surface area (Å²) in [7, 11) is 0. The first-order valence-corrected chi connectivity index (χ1v) is 16.8. The Balaban J connectivity index is 1.75. The van der Waals surface area contributed by atoms with Crippen LogP contribution in [-0.4, -0.2) is 15.4 Å². The Labute approximate surface area is 277 Å². The maximum absolute atomic E-state index is 13.2. The van der Waals surface area contributed by atoms with Gasteiger partial charge in [-0.2, -0.15) is 19.2 Å². The first-order chi connectivity index (χ1) is 21.9. The second kappa shape index (κ2) is 16.7. The lowest BCUT2D eigenvalue weighted by Crippen LogP contribution is -2.25. The van der Waals surface area contributed by atoms with Crippen molar-refractivity contribution in [3.05, 3.63) is 101 Å². The quantitative estimate of drug-likeness (QED) is 0.0960. The molecule has 2 aromatic carbocycles. The van der Waals surface area contributed by atoms with Crippen LogP contribution in [0.3, 0.4) is 0 Å². The topological polar surface area (TPSA) is 85.0 Å². The van der Waals surface area contributed by atoms with Gasteiger partial charge >= 0.3 is 17.1 Å². The molecule has 1 unspecified atom stereocenters. The van der Waals surface area contributed by atoms with Crippen LogP contribution < -0.4 is 13.6 Å². The van der Waals surface area contributed by atoms with Crippen LogP contribution in [-0.2, 0) is 16.7 Å². The van der Waals surface area contributed by atoms with Gasteiger partial charge < -0.3 is 13.5 Å². The minimum absolute atomic E-state index is 0.0377. The first kappa shape index (κ1) is 36.0. The average Bonchev–Trinajstić information content (AvgIpc) is 3.49. The van der Waals surface area contributed by atoms with E-state index in [0.717, 1.165) is 30.5 Å². The molecule has 9 heteroatoms. The van der Waals surface area contributed by atoms with Gasteiger partial charge in [-0.05, 0) is 71.7 Å². The predicted molar refractivity (Wildman–Crippen MR) is 186 cm³/mol. The first-order valence-electron chi connectivity index (χ1n) is 15.7. The Morgan fingerprint density at radius 2 is 1.63 bits per heavy atom. The lowest BCUT2D eigenvalue weighted by Gasteiger charge is -2.33. The van der Waals surface area contributed by atoms with Gasteiger partial charge in [0.25, 0.3) is 0 Å². The third-order valence-electron chi connectivity index (χ3n) is 7.51. The highest BCUT2D eigenvalue weighted by Crippen LogP contribution is 2.40. The van der Waals surface area contributed by atoms with E-state index in [1.54, 1.807) is 35.2 Å². The van der Waals surface area contributed by atoms with Gasteiger partial charge in [0.1, 0.15) is 13.1 Å². The van der Waals surface area contributed by atoms with Gasteiger partial charge in [0.15, 0.2) is 17.1 Å². The monoisotopic (exact) mass is 639 g/mol. The van der Waals surface area contributed by atoms with Crippen LogP contribution in [0.5, 0.6) is 11.5 Å². The van der Waals surface area contributed by atoms with Crippen molar-refractivity contribution in [2.45, 2.75) is 91.9 Å². The molecule has 1 heterocycles. The third kappa shape index (κ3) is 10.5. The normalized spacial score (nSPS) is 11.9. The summed E-state index contributed by atoms with van der Waals surface area (Å²) in [5.74, 6) is 0.747. The lowest BCUT2D eigenvalue weighted by atomic mass is 9.72. The molecular weight excluding hydrogens is 595 g/mol. The molecule has 1 atom stereocenters. The maximum atomic E-state index is 13.2. The van der Waals surface area contributed by atoms with Crippen molar-refractivity contribution in [1.29, 1.82) is 5.26 Å². The number of hydrogen-bond acceptors (Lipinski definition) is 4. The molecule has 0 aliphatic carbocycles. The van der Waals surface area contributed by atoms with E-state index < -0.39 is 11.3 Å². The van der Waals surface area contributed by atoms with Crippen LogP contribution >= 0.6 is 0 Å². The summed E-state index contributed by atoms with van der Waals surface area (Å²) in [6, 6.07) is 16.8. The molecule has 0 radical (unpaired) electrons. The highest BCUT2D eigenvalue weighted by atomic mass is 32.2. The van der Waals surface area contributed by atoms with Gasteiger partial charge in [-0.15, -0.1) is 0 Å². The number of nitrogens with zero attached hydrogens (tertiary/aromatic N) is 4. The SMILES string of the molecule is [C-]#[N+]C([N+]#[C-])=C(C#N)c1ccn(-c2ccc(NS(=O)Oc3cc(C(C)(C)CC(C)(C)C)ccc3OCCCCCCCC)cc2)c1. The summed E-state index contributed by atoms with van der Waals surface area (Å²) < 4.78 is 30.0. The molecule has 0 spiro atoms. The van der Waals surface area contributed by atoms with E-state index in [1.165, 1.54) is 25.7 Å². The summed E-state index contributed by atoms with van der Waals surface area (Å²) in [6.45, 7) is 28.2. The highest BCUT2D eigenvalue weighted by molar-refractivity contribution is 7.82. The largest absolute Gasteiger partial charge is 0.538 e. The van der Waals surface area contributed by atoms with Gasteiger partial charge in [0, 0.05) is 29.3 Å². The van der Waals surface area contributed by atoms with Crippen molar-refractivity contribution in [3.8, 4) is 23.3 Å². The van der Waals surface area contributed by atoms with E-state index in [1.807, 2.05) is 30.3 Å². The standard InChI is InChI=1S/C37H45N5O3S/c1-9-10-11-12-13-14-23-44-33-20-15-29(37(5,6)27-36(2,3)4)24-34(33)45-46(43)41-30-16-18-31(19-17-30)42-22-21-28(26-42)32(25-38)35(39-7)40-8/h15-22,24,26,41H,9-14,23,27H2,1-6H3. The van der Waals surface area contributed by atoms with E-state index >= 15 is 0 Å². The second-order valence-electron chi connectivity index (χ2n) is 13.2. The van der Waals surface area contributed by atoms with Crippen LogP contribution in [0.15, 0.2) is 66.7 Å². The summed E-state index contributed by atoms with van der Waals surface area (Å²) >= 11 is -1.90. The van der Waals surface area contributed by atoms with Crippen molar-refractivity contribution in [3.63, 3.8) is 0 Å². The number of hydrogen-bond donors (Lipinski definition) is 1. The summed E-state index contributed by atoms with van der Waals surface area (Å²) in [6.07, 6.45) is 11.4. The number of allylic oxidation sites excluding steroid dienone is 1. The Bertz CT molecular complexity index is 1630. The van der Waals surface area contributed by atoms with E-state index in [2.05, 4.69) is 62.0 Å². The number of aromatic nitrogens is 1. The highest BCUT2D eigenvalue weighted by Gasteiger charge is 2.28. The van der Waals surface area contributed by atoms with Crippen LogP contribution in [0.4, 0.5) is 5.69 Å². The van der Waals surface area contributed by atoms with Crippen molar-refractivity contribution in [2.75, 3.05) is 11.3 Å². The summed E-state index contributed by atoms with van der Waals surface area (Å²) in [4.78, 5) is 6.32. The van der Waals surface area contributed by atoms with Crippen molar-refractivity contribution in [1.82, 2.24) is 4.57 Å². The molecule has 0 aliphatic heterocycles. The van der Waals surface area contributed by atoms with Gasteiger partial charge in [-0.25, -0.2) is 0 Å². The van der Waals surface area contributed by atoms with Crippen molar-refractivity contribution < 1.29 is 13.1 Å². The molecule has 0 saturated carbocycles. The predicted octanol–water partition coefficient (Wildman–Crippen LogP) is 10.0. The van der Waals surface area contributed by atoms with Crippen molar-refractivity contribution >= 4 is 22.5 Å². The van der Waals surface area contributed by atoms with Crippen molar-refractivity contribution in [2.24, 2.45) is 5.41 Å². The number of ether oxygens (including phenoxy) is 1. The Kier molecular flexibility index (Phi) is 13.0. The molecule has 0 amide bonds. The Morgan fingerprint density at radius 1 is 0.957 bits per heavy atom. The molecule has 1 N–H and O–H groups in total. The molecule has 0 fully saturated rings. The number of anilines is 1. The minimum Gasteiger partial charge on any atom is -0.490 e. The molecule has 46 heavy (non-hydrogen) atoms. The molecule has 8 nitrogen and oxygen atoms in total. The average molecular weight is 640 g/mol. The van der Waals surface area contributed by atoms with Gasteiger partial charge in [-0.3, -0.25) is 4.72 Å². The fourth-order valence-corrected chi connectivity index (χ4v) is 6.25.